The van der Waals surface area contributed by atoms with Crippen molar-refractivity contribution in [1.29, 1.82) is 0 Å². The molecule has 1 aromatic carbocycles. The van der Waals surface area contributed by atoms with Crippen LogP contribution in [0.4, 0.5) is 5.69 Å². The van der Waals surface area contributed by atoms with Crippen LogP contribution in [0.2, 0.25) is 0 Å². The lowest BCUT2D eigenvalue weighted by Gasteiger charge is -2.26. The van der Waals surface area contributed by atoms with Crippen LogP contribution in [0, 0.1) is 0 Å². The van der Waals surface area contributed by atoms with Crippen molar-refractivity contribution >= 4 is 17.4 Å². The predicted octanol–water partition coefficient (Wildman–Crippen LogP) is 0.960. The lowest BCUT2D eigenvalue weighted by atomic mass is 10.1. The van der Waals surface area contributed by atoms with Gasteiger partial charge in [-0.3, -0.25) is 9.59 Å². The largest absolute Gasteiger partial charge is 0.398 e. The van der Waals surface area contributed by atoms with Crippen molar-refractivity contribution < 1.29 is 9.59 Å². The SMILES string of the molecule is Nc1ccccc1CN1CCC(=O)CC1=O. The number of nitrogens with zero attached hydrogens (tertiary/aromatic N) is 1. The van der Waals surface area contributed by atoms with Gasteiger partial charge in [0.15, 0.2) is 0 Å². The summed E-state index contributed by atoms with van der Waals surface area (Å²) in [5, 5.41) is 0. The van der Waals surface area contributed by atoms with Crippen molar-refractivity contribution in [2.45, 2.75) is 19.4 Å². The van der Waals surface area contributed by atoms with Crippen LogP contribution >= 0.6 is 0 Å². The Kier molecular flexibility index (Phi) is 2.90. The molecule has 0 aromatic heterocycles. The Bertz CT molecular complexity index is 429. The van der Waals surface area contributed by atoms with E-state index < -0.39 is 0 Å². The Morgan fingerprint density at radius 2 is 2.00 bits per heavy atom. The topological polar surface area (TPSA) is 63.4 Å². The van der Waals surface area contributed by atoms with Gasteiger partial charge in [0.1, 0.15) is 5.78 Å². The molecule has 4 heteroatoms. The molecule has 4 nitrogen and oxygen atoms in total. The molecule has 2 N–H and O–H groups in total. The summed E-state index contributed by atoms with van der Waals surface area (Å²) in [4.78, 5) is 24.3. The van der Waals surface area contributed by atoms with Crippen LogP contribution in [0.5, 0.6) is 0 Å². The minimum atomic E-state index is -0.0977. The first kappa shape index (κ1) is 10.7. The number of ketones is 1. The molecule has 1 amide bonds. The lowest BCUT2D eigenvalue weighted by Crippen LogP contribution is -2.38. The predicted molar refractivity (Wildman–Crippen MR) is 60.5 cm³/mol. The molecule has 1 saturated heterocycles. The molecule has 0 unspecified atom stereocenters. The average molecular weight is 218 g/mol. The molecular formula is C12H14N2O2. The van der Waals surface area contributed by atoms with Crippen LogP contribution in [0.1, 0.15) is 18.4 Å². The molecule has 16 heavy (non-hydrogen) atoms. The van der Waals surface area contributed by atoms with Crippen LogP contribution in [0.15, 0.2) is 24.3 Å². The molecular weight excluding hydrogens is 204 g/mol. The summed E-state index contributed by atoms with van der Waals surface area (Å²) in [6.45, 7) is 1.00. The van der Waals surface area contributed by atoms with Gasteiger partial charge < -0.3 is 10.6 Å². The number of carbonyl (C=O) groups is 2. The monoisotopic (exact) mass is 218 g/mol. The molecule has 1 aliphatic heterocycles. The van der Waals surface area contributed by atoms with Crippen LogP contribution in [0.3, 0.4) is 0 Å². The number of carbonyl (C=O) groups excluding carboxylic acids is 2. The number of amides is 1. The maximum atomic E-state index is 11.6. The molecule has 0 radical (unpaired) electrons. The van der Waals surface area contributed by atoms with Crippen molar-refractivity contribution in [3.8, 4) is 0 Å². The van der Waals surface area contributed by atoms with E-state index in [-0.39, 0.29) is 18.1 Å². The fourth-order valence-electron chi connectivity index (χ4n) is 1.80. The number of nitrogen functional groups attached to an aromatic ring is 1. The zero-order valence-electron chi connectivity index (χ0n) is 8.98. The number of rotatable bonds is 2. The maximum Gasteiger partial charge on any atom is 0.230 e. The second kappa shape index (κ2) is 4.35. The quantitative estimate of drug-likeness (QED) is 0.594. The molecule has 1 fully saturated rings. The number of anilines is 1. The first-order valence-electron chi connectivity index (χ1n) is 5.29. The van der Waals surface area contributed by atoms with Gasteiger partial charge >= 0.3 is 0 Å². The molecule has 1 aromatic rings. The van der Waals surface area contributed by atoms with Gasteiger partial charge in [-0.15, -0.1) is 0 Å². The minimum Gasteiger partial charge on any atom is -0.398 e. The molecule has 0 saturated carbocycles. The smallest absolute Gasteiger partial charge is 0.230 e. The first-order chi connectivity index (χ1) is 7.66. The van der Waals surface area contributed by atoms with Gasteiger partial charge in [0.05, 0.1) is 6.42 Å². The van der Waals surface area contributed by atoms with Crippen LogP contribution < -0.4 is 5.73 Å². The summed E-state index contributed by atoms with van der Waals surface area (Å²) in [6.07, 6.45) is 0.491. The number of para-hydroxylation sites is 1. The highest BCUT2D eigenvalue weighted by Gasteiger charge is 2.23. The number of hydrogen-bond donors (Lipinski definition) is 1. The Morgan fingerprint density at radius 3 is 2.69 bits per heavy atom. The van der Waals surface area contributed by atoms with E-state index in [4.69, 9.17) is 5.73 Å². The Morgan fingerprint density at radius 1 is 1.25 bits per heavy atom. The molecule has 84 valence electrons. The van der Waals surface area contributed by atoms with E-state index in [9.17, 15) is 9.59 Å². The Labute approximate surface area is 94.0 Å². The summed E-state index contributed by atoms with van der Waals surface area (Å²) >= 11 is 0. The van der Waals surface area contributed by atoms with Crippen LogP contribution in [0.25, 0.3) is 0 Å². The van der Waals surface area contributed by atoms with Gasteiger partial charge in [0, 0.05) is 25.2 Å². The average Bonchev–Trinajstić information content (AvgIpc) is 2.25. The lowest BCUT2D eigenvalue weighted by molar-refractivity contribution is -0.139. The van der Waals surface area contributed by atoms with Crippen molar-refractivity contribution in [2.75, 3.05) is 12.3 Å². The van der Waals surface area contributed by atoms with E-state index in [0.29, 0.717) is 25.2 Å². The normalized spacial score (nSPS) is 16.6. The number of benzene rings is 1. The third kappa shape index (κ3) is 2.21. The van der Waals surface area contributed by atoms with Gasteiger partial charge in [0.25, 0.3) is 0 Å². The number of piperidine rings is 1. The highest BCUT2D eigenvalue weighted by molar-refractivity contribution is 6.00. The number of nitrogens with two attached hydrogens (primary N) is 1. The van der Waals surface area contributed by atoms with E-state index in [1.54, 1.807) is 4.90 Å². The van der Waals surface area contributed by atoms with Crippen molar-refractivity contribution in [3.05, 3.63) is 29.8 Å². The first-order valence-corrected chi connectivity index (χ1v) is 5.29. The highest BCUT2D eigenvalue weighted by atomic mass is 16.2. The Hall–Kier alpha value is -1.84. The van der Waals surface area contributed by atoms with E-state index in [1.165, 1.54) is 0 Å². The summed E-state index contributed by atoms with van der Waals surface area (Å²) < 4.78 is 0. The van der Waals surface area contributed by atoms with Gasteiger partial charge in [0.2, 0.25) is 5.91 Å². The van der Waals surface area contributed by atoms with Crippen LogP contribution in [-0.4, -0.2) is 23.1 Å². The summed E-state index contributed by atoms with van der Waals surface area (Å²) in [7, 11) is 0. The fraction of sp³-hybridized carbons (Fsp3) is 0.333. The van der Waals surface area contributed by atoms with Crippen molar-refractivity contribution in [1.82, 2.24) is 4.90 Å². The number of Topliss-reactive ketones (excluding diaryl/α,β-unsaturated/α-hetero) is 1. The van der Waals surface area contributed by atoms with Gasteiger partial charge in [-0.1, -0.05) is 18.2 Å². The molecule has 0 spiro atoms. The van der Waals surface area contributed by atoms with E-state index in [2.05, 4.69) is 0 Å². The van der Waals surface area contributed by atoms with Gasteiger partial charge in [-0.05, 0) is 11.6 Å². The van der Waals surface area contributed by atoms with Crippen molar-refractivity contribution in [2.24, 2.45) is 0 Å². The third-order valence-electron chi connectivity index (χ3n) is 2.78. The van der Waals surface area contributed by atoms with Gasteiger partial charge in [-0.2, -0.15) is 0 Å². The molecule has 0 bridgehead atoms. The molecule has 1 aliphatic rings. The third-order valence-corrected chi connectivity index (χ3v) is 2.78. The molecule has 0 atom stereocenters. The standard InChI is InChI=1S/C12H14N2O2/c13-11-4-2-1-3-9(11)8-14-6-5-10(15)7-12(14)16/h1-4H,5-8,13H2. The Balaban J connectivity index is 2.08. The molecule has 0 aliphatic carbocycles. The fourth-order valence-corrected chi connectivity index (χ4v) is 1.80. The summed E-state index contributed by atoms with van der Waals surface area (Å²) in [5.41, 5.74) is 7.43. The molecule has 2 rings (SSSR count). The van der Waals surface area contributed by atoms with E-state index >= 15 is 0 Å². The highest BCUT2D eigenvalue weighted by Crippen LogP contribution is 2.16. The number of hydrogen-bond acceptors (Lipinski definition) is 3. The molecule has 1 heterocycles. The van der Waals surface area contributed by atoms with Crippen LogP contribution in [-0.2, 0) is 16.1 Å². The minimum absolute atomic E-state index is 0.0299. The zero-order chi connectivity index (χ0) is 11.5. The number of likely N-dealkylation sites (tertiary alicyclic amines) is 1. The van der Waals surface area contributed by atoms with Crippen molar-refractivity contribution in [3.63, 3.8) is 0 Å². The maximum absolute atomic E-state index is 11.6. The van der Waals surface area contributed by atoms with E-state index in [1.807, 2.05) is 24.3 Å². The second-order valence-corrected chi connectivity index (χ2v) is 3.98. The summed E-state index contributed by atoms with van der Waals surface area (Å²) in [6, 6.07) is 7.47. The second-order valence-electron chi connectivity index (χ2n) is 3.98. The zero-order valence-corrected chi connectivity index (χ0v) is 8.98. The van der Waals surface area contributed by atoms with E-state index in [0.717, 1.165) is 5.56 Å². The van der Waals surface area contributed by atoms with Gasteiger partial charge in [-0.25, -0.2) is 0 Å². The summed E-state index contributed by atoms with van der Waals surface area (Å²) in [5.74, 6) is -0.0678.